The van der Waals surface area contributed by atoms with Crippen molar-refractivity contribution in [1.29, 1.82) is 0 Å². The highest BCUT2D eigenvalue weighted by molar-refractivity contribution is 9.09. The average molecular weight is 705 g/mol. The summed E-state index contributed by atoms with van der Waals surface area (Å²) in [5, 5.41) is 9.10. The van der Waals surface area contributed by atoms with E-state index in [1.807, 2.05) is 30.3 Å². The maximum Gasteiger partial charge on any atom is 0.310 e. The Balaban J connectivity index is 1.66. The second kappa shape index (κ2) is 16.5. The summed E-state index contributed by atoms with van der Waals surface area (Å²) in [6.07, 6.45) is 9.84. The van der Waals surface area contributed by atoms with Gasteiger partial charge < -0.3 is 24.5 Å². The lowest BCUT2D eigenvalue weighted by Crippen LogP contribution is -2.55. The molecule has 1 spiro atoms. The number of hydrogen-bond acceptors (Lipinski definition) is 7. The minimum atomic E-state index is -0.731. The Morgan fingerprint density at radius 3 is 2.40 bits per heavy atom. The molecule has 0 aromatic heterocycles. The van der Waals surface area contributed by atoms with Crippen LogP contribution < -0.4 is 9.80 Å². The number of likely N-dealkylation sites (tertiary alicyclic amines) is 1. The van der Waals surface area contributed by atoms with Crippen molar-refractivity contribution in [3.8, 4) is 0 Å². The summed E-state index contributed by atoms with van der Waals surface area (Å²) in [5.41, 5.74) is 1.85. The molecule has 248 valence electrons. The van der Waals surface area contributed by atoms with E-state index in [0.29, 0.717) is 32.5 Å². The van der Waals surface area contributed by atoms with Crippen molar-refractivity contribution in [2.24, 2.45) is 11.8 Å². The number of alkyl halides is 1. The number of esters is 1. The predicted octanol–water partition coefficient (Wildman–Crippen LogP) is 5.97. The number of hydrogen-bond donors (Lipinski definition) is 1. The minimum absolute atomic E-state index is 0.00845. The first kappa shape index (κ1) is 35.6. The summed E-state index contributed by atoms with van der Waals surface area (Å²) >= 11 is 5.48. The fraction of sp³-hybridized carbons (Fsp3) is 0.629. The molecule has 1 aromatic rings. The molecule has 3 aliphatic heterocycles. The van der Waals surface area contributed by atoms with E-state index < -0.39 is 22.6 Å². The van der Waals surface area contributed by atoms with Crippen molar-refractivity contribution in [2.75, 3.05) is 49.2 Å². The molecular weight excluding hydrogens is 654 g/mol. The number of carbonyl (C=O) groups is 3. The zero-order valence-electron chi connectivity index (χ0n) is 26.9. The van der Waals surface area contributed by atoms with Crippen LogP contribution in [-0.4, -0.2) is 88.0 Å². The maximum atomic E-state index is 14.8. The van der Waals surface area contributed by atoms with Crippen LogP contribution in [0.5, 0.6) is 0 Å². The van der Waals surface area contributed by atoms with Crippen LogP contribution in [0, 0.1) is 11.8 Å². The number of amides is 2. The summed E-state index contributed by atoms with van der Waals surface area (Å²) in [6, 6.07) is 7.31. The number of ether oxygens (including phenoxy) is 1. The Bertz CT molecular complexity index is 1190. The van der Waals surface area contributed by atoms with E-state index in [1.54, 1.807) is 27.6 Å². The van der Waals surface area contributed by atoms with Gasteiger partial charge in [0.1, 0.15) is 6.04 Å². The van der Waals surface area contributed by atoms with Crippen LogP contribution in [-0.2, 0) is 19.1 Å². The minimum Gasteiger partial charge on any atom is -0.465 e. The number of nitrogens with zero attached hydrogens (tertiary/aromatic N) is 3. The maximum absolute atomic E-state index is 14.8. The number of unbranched alkanes of at least 4 members (excludes halogenated alkanes) is 5. The van der Waals surface area contributed by atoms with E-state index in [1.165, 1.54) is 0 Å². The molecule has 3 fully saturated rings. The van der Waals surface area contributed by atoms with Crippen LogP contribution in [0.15, 0.2) is 49.6 Å². The molecule has 8 nitrogen and oxygen atoms in total. The first-order chi connectivity index (χ1) is 21.8. The van der Waals surface area contributed by atoms with Gasteiger partial charge in [0.15, 0.2) is 0 Å². The van der Waals surface area contributed by atoms with Crippen molar-refractivity contribution < 1.29 is 24.2 Å². The quantitative estimate of drug-likeness (QED) is 0.0822. The van der Waals surface area contributed by atoms with Gasteiger partial charge in [0.25, 0.3) is 5.91 Å². The number of carbonyl (C=O) groups excluding carboxylic acids is 3. The first-order valence-corrected chi connectivity index (χ1v) is 18.4. The molecule has 45 heavy (non-hydrogen) atoms. The van der Waals surface area contributed by atoms with Gasteiger partial charge in [0.05, 0.1) is 23.2 Å². The van der Waals surface area contributed by atoms with Gasteiger partial charge in [-0.15, -0.1) is 24.9 Å². The highest BCUT2D eigenvalue weighted by Crippen LogP contribution is 2.68. The molecule has 1 aromatic carbocycles. The Labute approximate surface area is 281 Å². The lowest BCUT2D eigenvalue weighted by Gasteiger charge is -2.38. The van der Waals surface area contributed by atoms with Gasteiger partial charge in [-0.05, 0) is 76.6 Å². The van der Waals surface area contributed by atoms with Gasteiger partial charge in [0, 0.05) is 54.2 Å². The Hall–Kier alpha value is -2.30. The Morgan fingerprint density at radius 2 is 1.76 bits per heavy atom. The summed E-state index contributed by atoms with van der Waals surface area (Å²) in [4.78, 5) is 48.6. The fourth-order valence-electron chi connectivity index (χ4n) is 7.36. The Kier molecular flexibility index (Phi) is 13.0. The molecule has 4 rings (SSSR count). The summed E-state index contributed by atoms with van der Waals surface area (Å²) in [5.74, 6) is -1.79. The zero-order chi connectivity index (χ0) is 32.6. The van der Waals surface area contributed by atoms with Crippen LogP contribution in [0.4, 0.5) is 11.4 Å². The largest absolute Gasteiger partial charge is 0.465 e. The van der Waals surface area contributed by atoms with Gasteiger partial charge in [-0.2, -0.15) is 0 Å². The number of benzene rings is 1. The highest BCUT2D eigenvalue weighted by atomic mass is 79.9. The van der Waals surface area contributed by atoms with Crippen molar-refractivity contribution in [3.05, 3.63) is 49.6 Å². The third-order valence-electron chi connectivity index (χ3n) is 9.52. The van der Waals surface area contributed by atoms with Gasteiger partial charge in [0.2, 0.25) is 5.91 Å². The number of fused-ring (bicyclic) bond motifs is 1. The molecule has 3 aliphatic rings. The molecule has 3 saturated heterocycles. The average Bonchev–Trinajstić information content (AvgIpc) is 3.63. The molecule has 10 heteroatoms. The highest BCUT2D eigenvalue weighted by Gasteiger charge is 2.76. The number of aliphatic hydroxyl groups is 1. The van der Waals surface area contributed by atoms with Crippen molar-refractivity contribution in [2.45, 2.75) is 86.1 Å². The molecular formula is C35H50BrN3O5S. The van der Waals surface area contributed by atoms with Gasteiger partial charge in [-0.25, -0.2) is 0 Å². The second-order valence-electron chi connectivity index (χ2n) is 12.2. The number of allylic oxidation sites excluding steroid dienone is 1. The number of thioether (sulfide) groups is 1. The van der Waals surface area contributed by atoms with Crippen molar-refractivity contribution >= 4 is 56.9 Å². The van der Waals surface area contributed by atoms with E-state index in [2.05, 4.69) is 47.8 Å². The molecule has 3 unspecified atom stereocenters. The van der Waals surface area contributed by atoms with Crippen LogP contribution in [0.2, 0.25) is 0 Å². The second-order valence-corrected chi connectivity index (χ2v) is 14.9. The van der Waals surface area contributed by atoms with Crippen LogP contribution in [0.3, 0.4) is 0 Å². The molecule has 0 aliphatic carbocycles. The number of aliphatic hydroxyl groups excluding tert-OH is 1. The van der Waals surface area contributed by atoms with Crippen LogP contribution in [0.25, 0.3) is 0 Å². The van der Waals surface area contributed by atoms with Gasteiger partial charge in [-0.1, -0.05) is 40.9 Å². The molecule has 0 radical (unpaired) electrons. The number of halogens is 1. The third kappa shape index (κ3) is 7.33. The molecule has 2 amide bonds. The zero-order valence-corrected chi connectivity index (χ0v) is 29.3. The molecule has 2 bridgehead atoms. The van der Waals surface area contributed by atoms with Crippen LogP contribution in [0.1, 0.15) is 65.2 Å². The van der Waals surface area contributed by atoms with E-state index in [4.69, 9.17) is 4.74 Å². The van der Waals surface area contributed by atoms with Gasteiger partial charge >= 0.3 is 5.97 Å². The molecule has 1 N–H and O–H groups in total. The number of anilines is 2. The van der Waals surface area contributed by atoms with Crippen molar-refractivity contribution in [1.82, 2.24) is 4.90 Å². The summed E-state index contributed by atoms with van der Waals surface area (Å²) < 4.78 is 5.04. The van der Waals surface area contributed by atoms with E-state index >= 15 is 0 Å². The smallest absolute Gasteiger partial charge is 0.310 e. The molecule has 0 saturated carbocycles. The monoisotopic (exact) mass is 703 g/mol. The van der Waals surface area contributed by atoms with Crippen LogP contribution >= 0.6 is 27.7 Å². The van der Waals surface area contributed by atoms with E-state index in [9.17, 15) is 19.5 Å². The van der Waals surface area contributed by atoms with Gasteiger partial charge in [-0.3, -0.25) is 14.4 Å². The fourth-order valence-corrected chi connectivity index (χ4v) is 11.0. The third-order valence-corrected chi connectivity index (χ3v) is 12.7. The normalized spacial score (nSPS) is 26.5. The lowest BCUT2D eigenvalue weighted by molar-refractivity contribution is -0.154. The Morgan fingerprint density at radius 1 is 1.07 bits per heavy atom. The summed E-state index contributed by atoms with van der Waals surface area (Å²) in [6.45, 7) is 14.9. The van der Waals surface area contributed by atoms with E-state index in [-0.39, 0.29) is 34.5 Å². The SMILES string of the molecule is C=CCCCCOC(=O)[C@H]1[C@H]2C(=O)N(CCCCCCO)C(C(=O)N(CC=C)c3ccc(N(CC)CC)cc3)C23CC(Br)[C@@H]1S3. The van der Waals surface area contributed by atoms with Crippen molar-refractivity contribution in [3.63, 3.8) is 0 Å². The number of rotatable bonds is 19. The topological polar surface area (TPSA) is 90.4 Å². The molecule has 6 atom stereocenters. The molecule has 3 heterocycles. The standard InChI is InChI=1S/C35H50BrN3O5S/c1-5-9-10-15-23-44-34(43)28-29-32(41)39(21-13-11-12-14-22-40)31(35(29)24-27(36)30(28)45-35)33(42)38(20-6-2)26-18-16-25(17-19-26)37(7-3)8-4/h5-6,16-19,27-31,40H,1-2,7-15,20-24H2,3-4H3/t27?,28-,29-,30-,31?,35?/m0/s1. The first-order valence-electron chi connectivity index (χ1n) is 16.6. The lowest BCUT2D eigenvalue weighted by atomic mass is 9.71. The summed E-state index contributed by atoms with van der Waals surface area (Å²) in [7, 11) is 0. The predicted molar refractivity (Wildman–Crippen MR) is 187 cm³/mol. The van der Waals surface area contributed by atoms with E-state index in [0.717, 1.165) is 63.0 Å².